The number of nitrogens with zero attached hydrogens (tertiary/aromatic N) is 2. The van der Waals surface area contributed by atoms with Crippen LogP contribution in [0.15, 0.2) is 22.0 Å². The van der Waals surface area contributed by atoms with Crippen molar-refractivity contribution in [2.75, 3.05) is 4.90 Å². The molecule has 0 aromatic carbocycles. The van der Waals surface area contributed by atoms with E-state index in [0.717, 1.165) is 17.7 Å². The average molecular weight is 335 g/mol. The molecule has 0 aliphatic heterocycles. The number of amides is 2. The van der Waals surface area contributed by atoms with E-state index in [1.165, 1.54) is 16.2 Å². The lowest BCUT2D eigenvalue weighted by Gasteiger charge is -2.24. The fourth-order valence-corrected chi connectivity index (χ4v) is 3.05. The minimum Gasteiger partial charge on any atom is -0.365 e. The van der Waals surface area contributed by atoms with E-state index >= 15 is 0 Å². The number of carbonyl (C=O) groups is 2. The predicted octanol–water partition coefficient (Wildman–Crippen LogP) is 3.43. The number of primary amides is 1. The Hall–Kier alpha value is -2.15. The highest BCUT2D eigenvalue weighted by molar-refractivity contribution is 7.13. The highest BCUT2D eigenvalue weighted by atomic mass is 32.1. The van der Waals surface area contributed by atoms with E-state index in [9.17, 15) is 9.59 Å². The van der Waals surface area contributed by atoms with Gasteiger partial charge in [-0.25, -0.2) is 0 Å². The third-order valence-corrected chi connectivity index (χ3v) is 4.30. The summed E-state index contributed by atoms with van der Waals surface area (Å²) in [6.07, 6.45) is 2.08. The van der Waals surface area contributed by atoms with E-state index < -0.39 is 5.91 Å². The van der Waals surface area contributed by atoms with Crippen LogP contribution in [0.2, 0.25) is 0 Å². The fraction of sp³-hybridized carbons (Fsp3) is 0.438. The van der Waals surface area contributed by atoms with E-state index in [1.54, 1.807) is 0 Å². The normalized spacial score (nSPS) is 11.0. The van der Waals surface area contributed by atoms with Crippen molar-refractivity contribution in [3.8, 4) is 10.6 Å². The third kappa shape index (κ3) is 3.61. The first kappa shape index (κ1) is 17.2. The summed E-state index contributed by atoms with van der Waals surface area (Å²) in [5.74, 6) is -0.617. The summed E-state index contributed by atoms with van der Waals surface area (Å²) in [5.41, 5.74) is 6.08. The molecule has 0 aliphatic carbocycles. The van der Waals surface area contributed by atoms with Crippen molar-refractivity contribution >= 4 is 29.0 Å². The van der Waals surface area contributed by atoms with E-state index in [2.05, 4.69) is 5.16 Å². The summed E-state index contributed by atoms with van der Waals surface area (Å²) in [4.78, 5) is 26.7. The van der Waals surface area contributed by atoms with Crippen LogP contribution < -0.4 is 10.6 Å². The maximum atomic E-state index is 12.5. The van der Waals surface area contributed by atoms with Crippen LogP contribution in [0.25, 0.3) is 10.6 Å². The summed E-state index contributed by atoms with van der Waals surface area (Å²) in [6, 6.07) is 3.52. The van der Waals surface area contributed by atoms with Gasteiger partial charge in [-0.3, -0.25) is 14.5 Å². The Kier molecular flexibility index (Phi) is 5.54. The van der Waals surface area contributed by atoms with E-state index in [1.807, 2.05) is 38.3 Å². The largest absolute Gasteiger partial charge is 0.365 e. The fourth-order valence-electron chi connectivity index (χ4n) is 2.33. The average Bonchev–Trinajstić information content (AvgIpc) is 3.13. The number of unbranched alkanes of at least 4 members (excludes halogenated alkanes) is 1. The monoisotopic (exact) mass is 335 g/mol. The predicted molar refractivity (Wildman–Crippen MR) is 90.5 cm³/mol. The van der Waals surface area contributed by atoms with Gasteiger partial charge in [0.2, 0.25) is 11.8 Å². The number of carbonyl (C=O) groups excluding carboxylic acids is 2. The number of hydrogen-bond acceptors (Lipinski definition) is 5. The SMILES string of the molecule is CCCCC(=O)N(c1onc(-c2cccs2)c1C(N)=O)C(C)C. The Labute approximate surface area is 139 Å². The van der Waals surface area contributed by atoms with Gasteiger partial charge in [0.1, 0.15) is 11.3 Å². The van der Waals surface area contributed by atoms with Crippen LogP contribution in [0.1, 0.15) is 50.4 Å². The molecule has 124 valence electrons. The van der Waals surface area contributed by atoms with Crippen LogP contribution in [0.5, 0.6) is 0 Å². The Morgan fingerprint density at radius 3 is 2.70 bits per heavy atom. The minimum atomic E-state index is -0.654. The molecule has 0 saturated carbocycles. The second-order valence-electron chi connectivity index (χ2n) is 5.51. The lowest BCUT2D eigenvalue weighted by molar-refractivity contribution is -0.119. The Morgan fingerprint density at radius 2 is 2.17 bits per heavy atom. The molecule has 23 heavy (non-hydrogen) atoms. The molecule has 2 heterocycles. The first-order chi connectivity index (χ1) is 11.0. The van der Waals surface area contributed by atoms with Gasteiger partial charge in [-0.05, 0) is 31.7 Å². The van der Waals surface area contributed by atoms with Crippen molar-refractivity contribution in [2.24, 2.45) is 5.73 Å². The Bertz CT molecular complexity index is 677. The number of aromatic nitrogens is 1. The smallest absolute Gasteiger partial charge is 0.256 e. The second-order valence-corrected chi connectivity index (χ2v) is 6.46. The minimum absolute atomic E-state index is 0.0989. The zero-order valence-electron chi connectivity index (χ0n) is 13.5. The number of rotatable bonds is 7. The number of hydrogen-bond donors (Lipinski definition) is 1. The topological polar surface area (TPSA) is 89.4 Å². The maximum absolute atomic E-state index is 12.5. The molecule has 0 aliphatic rings. The molecular formula is C16H21N3O3S. The van der Waals surface area contributed by atoms with Crippen LogP contribution in [0.3, 0.4) is 0 Å². The number of nitrogens with two attached hydrogens (primary N) is 1. The summed E-state index contributed by atoms with van der Waals surface area (Å²) in [5, 5.41) is 5.86. The van der Waals surface area contributed by atoms with Gasteiger partial charge in [0.15, 0.2) is 0 Å². The van der Waals surface area contributed by atoms with E-state index in [-0.39, 0.29) is 23.4 Å². The molecule has 2 rings (SSSR count). The summed E-state index contributed by atoms with van der Waals surface area (Å²) < 4.78 is 5.37. The van der Waals surface area contributed by atoms with Crippen LogP contribution in [-0.2, 0) is 4.79 Å². The molecule has 6 nitrogen and oxygen atoms in total. The van der Waals surface area contributed by atoms with Crippen molar-refractivity contribution < 1.29 is 14.1 Å². The van der Waals surface area contributed by atoms with E-state index in [4.69, 9.17) is 10.3 Å². The van der Waals surface area contributed by atoms with Crippen LogP contribution >= 0.6 is 11.3 Å². The first-order valence-corrected chi connectivity index (χ1v) is 8.50. The van der Waals surface area contributed by atoms with Gasteiger partial charge in [-0.1, -0.05) is 24.6 Å². The third-order valence-electron chi connectivity index (χ3n) is 3.42. The zero-order chi connectivity index (χ0) is 17.0. The lowest BCUT2D eigenvalue weighted by Crippen LogP contribution is -2.38. The van der Waals surface area contributed by atoms with Gasteiger partial charge in [-0.15, -0.1) is 11.3 Å². The molecule has 2 aromatic rings. The highest BCUT2D eigenvalue weighted by Crippen LogP contribution is 2.34. The molecule has 0 saturated heterocycles. The molecule has 7 heteroatoms. The van der Waals surface area contributed by atoms with Gasteiger partial charge >= 0.3 is 0 Å². The van der Waals surface area contributed by atoms with Crippen molar-refractivity contribution in [1.82, 2.24) is 5.16 Å². The first-order valence-electron chi connectivity index (χ1n) is 7.62. The van der Waals surface area contributed by atoms with Crippen molar-refractivity contribution in [1.29, 1.82) is 0 Å². The standard InChI is InChI=1S/C16H21N3O3S/c1-4-5-8-12(20)19(10(2)3)16-13(15(17)21)14(18-22-16)11-7-6-9-23-11/h6-7,9-10H,4-5,8H2,1-3H3,(H2,17,21). The molecule has 0 fully saturated rings. The van der Waals surface area contributed by atoms with Crippen molar-refractivity contribution in [3.63, 3.8) is 0 Å². The quantitative estimate of drug-likeness (QED) is 0.839. The van der Waals surface area contributed by atoms with Crippen LogP contribution in [0.4, 0.5) is 5.88 Å². The molecule has 0 bridgehead atoms. The van der Waals surface area contributed by atoms with E-state index in [0.29, 0.717) is 12.1 Å². The Morgan fingerprint density at radius 1 is 1.43 bits per heavy atom. The summed E-state index contributed by atoms with van der Waals surface area (Å²) in [6.45, 7) is 5.75. The van der Waals surface area contributed by atoms with Gasteiger partial charge in [0.05, 0.1) is 4.88 Å². The van der Waals surface area contributed by atoms with Gasteiger partial charge in [0, 0.05) is 12.5 Å². The van der Waals surface area contributed by atoms with Crippen molar-refractivity contribution in [2.45, 2.75) is 46.1 Å². The zero-order valence-corrected chi connectivity index (χ0v) is 14.4. The molecule has 2 N–H and O–H groups in total. The molecule has 0 radical (unpaired) electrons. The number of thiophene rings is 1. The second kappa shape index (κ2) is 7.41. The molecular weight excluding hydrogens is 314 g/mol. The molecule has 2 aromatic heterocycles. The molecule has 0 atom stereocenters. The summed E-state index contributed by atoms with van der Waals surface area (Å²) >= 11 is 1.43. The Balaban J connectivity index is 2.48. The van der Waals surface area contributed by atoms with Gasteiger partial charge < -0.3 is 10.3 Å². The molecule has 0 unspecified atom stereocenters. The molecule has 0 spiro atoms. The summed E-state index contributed by atoms with van der Waals surface area (Å²) in [7, 11) is 0. The molecule has 2 amide bonds. The van der Waals surface area contributed by atoms with Gasteiger partial charge in [-0.2, -0.15) is 0 Å². The van der Waals surface area contributed by atoms with Gasteiger partial charge in [0.25, 0.3) is 5.91 Å². The lowest BCUT2D eigenvalue weighted by atomic mass is 10.1. The maximum Gasteiger partial charge on any atom is 0.256 e. The highest BCUT2D eigenvalue weighted by Gasteiger charge is 2.31. The van der Waals surface area contributed by atoms with Crippen LogP contribution in [-0.4, -0.2) is 23.0 Å². The number of anilines is 1. The van der Waals surface area contributed by atoms with Crippen molar-refractivity contribution in [3.05, 3.63) is 23.1 Å². The van der Waals surface area contributed by atoms with Crippen LogP contribution in [0, 0.1) is 0 Å².